The smallest absolute Gasteiger partial charge is 0.227 e. The molecule has 0 aliphatic rings. The minimum Gasteiger partial charge on any atom is -0.361 e. The fraction of sp³-hybridized carbons (Fsp3) is 0.235. The number of aromatic amines is 1. The quantitative estimate of drug-likeness (QED) is 0.735. The molecular formula is C17H17ClN2OS. The van der Waals surface area contributed by atoms with Gasteiger partial charge in [0.1, 0.15) is 0 Å². The Morgan fingerprint density at radius 2 is 2.09 bits per heavy atom. The van der Waals surface area contributed by atoms with Crippen LogP contribution in [0.1, 0.15) is 17.4 Å². The average molecular weight is 333 g/mol. The third-order valence-corrected chi connectivity index (χ3v) is 4.94. The summed E-state index contributed by atoms with van der Waals surface area (Å²) in [5.74, 6) is 0.136. The monoisotopic (exact) mass is 332 g/mol. The number of halogens is 1. The van der Waals surface area contributed by atoms with E-state index in [-0.39, 0.29) is 5.91 Å². The van der Waals surface area contributed by atoms with Gasteiger partial charge in [0.05, 0.1) is 17.3 Å². The normalized spacial score (nSPS) is 11.0. The van der Waals surface area contributed by atoms with Crippen LogP contribution >= 0.6 is 22.9 Å². The summed E-state index contributed by atoms with van der Waals surface area (Å²) in [5, 5.41) is 1.12. The zero-order chi connectivity index (χ0) is 15.5. The van der Waals surface area contributed by atoms with E-state index in [1.807, 2.05) is 54.4 Å². The Hall–Kier alpha value is -1.78. The molecule has 0 saturated heterocycles. The number of fused-ring (bicyclic) bond motifs is 1. The van der Waals surface area contributed by atoms with Gasteiger partial charge in [-0.2, -0.15) is 0 Å². The number of para-hydroxylation sites is 1. The van der Waals surface area contributed by atoms with Crippen molar-refractivity contribution in [1.82, 2.24) is 9.88 Å². The molecule has 2 heterocycles. The lowest BCUT2D eigenvalue weighted by Crippen LogP contribution is -2.31. The van der Waals surface area contributed by atoms with Crippen molar-refractivity contribution >= 4 is 39.7 Å². The van der Waals surface area contributed by atoms with Gasteiger partial charge in [-0.25, -0.2) is 0 Å². The summed E-state index contributed by atoms with van der Waals surface area (Å²) in [4.78, 5) is 18.8. The zero-order valence-corrected chi connectivity index (χ0v) is 13.9. The molecule has 5 heteroatoms. The largest absolute Gasteiger partial charge is 0.361 e. The van der Waals surface area contributed by atoms with E-state index in [1.165, 1.54) is 11.3 Å². The van der Waals surface area contributed by atoms with Crippen molar-refractivity contribution in [2.75, 3.05) is 6.54 Å². The van der Waals surface area contributed by atoms with Gasteiger partial charge in [-0.15, -0.1) is 11.3 Å². The molecule has 0 saturated carbocycles. The van der Waals surface area contributed by atoms with Crippen LogP contribution in [0.2, 0.25) is 4.34 Å². The summed E-state index contributed by atoms with van der Waals surface area (Å²) in [6.45, 7) is 3.31. The molecule has 0 fully saturated rings. The molecule has 0 aliphatic heterocycles. The third kappa shape index (κ3) is 3.18. The molecule has 0 aliphatic carbocycles. The van der Waals surface area contributed by atoms with Crippen LogP contribution in [0, 0.1) is 0 Å². The molecule has 0 spiro atoms. The van der Waals surface area contributed by atoms with E-state index in [9.17, 15) is 4.79 Å². The van der Waals surface area contributed by atoms with Gasteiger partial charge in [0.15, 0.2) is 0 Å². The standard InChI is InChI=1S/C17H17ClN2OS/c1-2-20(11-13-7-8-16(18)22-13)17(21)9-12-10-19-15-6-4-3-5-14(12)15/h3-8,10,19H,2,9,11H2,1H3. The number of rotatable bonds is 5. The topological polar surface area (TPSA) is 36.1 Å². The zero-order valence-electron chi connectivity index (χ0n) is 12.3. The number of H-pyrrole nitrogens is 1. The molecule has 3 rings (SSSR count). The van der Waals surface area contributed by atoms with E-state index in [4.69, 9.17) is 11.6 Å². The summed E-state index contributed by atoms with van der Waals surface area (Å²) in [6, 6.07) is 11.9. The number of aromatic nitrogens is 1. The van der Waals surface area contributed by atoms with Gasteiger partial charge >= 0.3 is 0 Å². The Labute approximate surface area is 138 Å². The Morgan fingerprint density at radius 1 is 1.27 bits per heavy atom. The molecule has 114 valence electrons. The van der Waals surface area contributed by atoms with Crippen molar-refractivity contribution in [3.8, 4) is 0 Å². The number of carbonyl (C=O) groups is 1. The summed E-state index contributed by atoms with van der Waals surface area (Å²) in [7, 11) is 0. The van der Waals surface area contributed by atoms with Crippen LogP contribution in [0.5, 0.6) is 0 Å². The van der Waals surface area contributed by atoms with Crippen LogP contribution in [-0.2, 0) is 17.8 Å². The van der Waals surface area contributed by atoms with E-state index in [0.717, 1.165) is 25.7 Å². The predicted molar refractivity (Wildman–Crippen MR) is 92.4 cm³/mol. The number of thiophene rings is 1. The molecule has 3 aromatic rings. The van der Waals surface area contributed by atoms with Gasteiger partial charge in [0, 0.05) is 28.5 Å². The number of benzene rings is 1. The summed E-state index contributed by atoms with van der Waals surface area (Å²) < 4.78 is 0.759. The number of nitrogens with one attached hydrogen (secondary N) is 1. The van der Waals surface area contributed by atoms with E-state index in [0.29, 0.717) is 19.5 Å². The molecule has 1 N–H and O–H groups in total. The maximum Gasteiger partial charge on any atom is 0.227 e. The number of carbonyl (C=O) groups excluding carboxylic acids is 1. The van der Waals surface area contributed by atoms with Crippen molar-refractivity contribution in [3.05, 3.63) is 57.4 Å². The van der Waals surface area contributed by atoms with Crippen molar-refractivity contribution < 1.29 is 4.79 Å². The average Bonchev–Trinajstić information content (AvgIpc) is 3.11. The number of hydrogen-bond donors (Lipinski definition) is 1. The van der Waals surface area contributed by atoms with Crippen LogP contribution < -0.4 is 0 Å². The van der Waals surface area contributed by atoms with Crippen molar-refractivity contribution in [1.29, 1.82) is 0 Å². The number of nitrogens with zero attached hydrogens (tertiary/aromatic N) is 1. The molecule has 0 unspecified atom stereocenters. The number of amides is 1. The van der Waals surface area contributed by atoms with Crippen molar-refractivity contribution in [2.24, 2.45) is 0 Å². The van der Waals surface area contributed by atoms with Gasteiger partial charge in [-0.3, -0.25) is 4.79 Å². The first-order valence-electron chi connectivity index (χ1n) is 7.24. The van der Waals surface area contributed by atoms with Crippen LogP contribution in [0.4, 0.5) is 0 Å². The maximum absolute atomic E-state index is 12.6. The number of likely N-dealkylation sites (N-methyl/N-ethyl adjacent to an activating group) is 1. The molecule has 22 heavy (non-hydrogen) atoms. The molecule has 3 nitrogen and oxygen atoms in total. The number of hydrogen-bond acceptors (Lipinski definition) is 2. The minimum absolute atomic E-state index is 0.136. The van der Waals surface area contributed by atoms with Gasteiger partial charge < -0.3 is 9.88 Å². The van der Waals surface area contributed by atoms with E-state index in [2.05, 4.69) is 4.98 Å². The third-order valence-electron chi connectivity index (χ3n) is 3.73. The second-order valence-electron chi connectivity index (χ2n) is 5.15. The van der Waals surface area contributed by atoms with Crippen LogP contribution in [0.15, 0.2) is 42.6 Å². The summed E-state index contributed by atoms with van der Waals surface area (Å²) in [5.41, 5.74) is 2.11. The molecule has 1 aromatic carbocycles. The summed E-state index contributed by atoms with van der Waals surface area (Å²) in [6.07, 6.45) is 2.34. The van der Waals surface area contributed by atoms with Crippen LogP contribution in [0.25, 0.3) is 10.9 Å². The second-order valence-corrected chi connectivity index (χ2v) is 6.95. The summed E-state index contributed by atoms with van der Waals surface area (Å²) >= 11 is 7.48. The molecule has 2 aromatic heterocycles. The fourth-order valence-electron chi connectivity index (χ4n) is 2.55. The highest BCUT2D eigenvalue weighted by molar-refractivity contribution is 7.16. The van der Waals surface area contributed by atoms with Gasteiger partial charge in [0.2, 0.25) is 5.91 Å². The first-order valence-corrected chi connectivity index (χ1v) is 8.44. The first-order chi connectivity index (χ1) is 10.7. The van der Waals surface area contributed by atoms with E-state index in [1.54, 1.807) is 0 Å². The SMILES string of the molecule is CCN(Cc1ccc(Cl)s1)C(=O)Cc1c[nH]c2ccccc12. The Balaban J connectivity index is 1.74. The van der Waals surface area contributed by atoms with Gasteiger partial charge in [-0.05, 0) is 30.7 Å². The highest BCUT2D eigenvalue weighted by atomic mass is 35.5. The molecule has 0 radical (unpaired) electrons. The second kappa shape index (κ2) is 6.55. The Kier molecular flexibility index (Phi) is 4.50. The first kappa shape index (κ1) is 15.1. The Morgan fingerprint density at radius 3 is 2.82 bits per heavy atom. The predicted octanol–water partition coefficient (Wildman–Crippen LogP) is 4.47. The Bertz CT molecular complexity index is 793. The van der Waals surface area contributed by atoms with E-state index < -0.39 is 0 Å². The minimum atomic E-state index is 0.136. The molecular weight excluding hydrogens is 316 g/mol. The maximum atomic E-state index is 12.6. The van der Waals surface area contributed by atoms with Crippen LogP contribution in [-0.4, -0.2) is 22.3 Å². The lowest BCUT2D eigenvalue weighted by atomic mass is 10.1. The lowest BCUT2D eigenvalue weighted by Gasteiger charge is -2.20. The highest BCUT2D eigenvalue weighted by Gasteiger charge is 2.15. The molecule has 1 amide bonds. The van der Waals surface area contributed by atoms with E-state index >= 15 is 0 Å². The van der Waals surface area contributed by atoms with Crippen molar-refractivity contribution in [3.63, 3.8) is 0 Å². The van der Waals surface area contributed by atoms with Crippen molar-refractivity contribution in [2.45, 2.75) is 19.9 Å². The molecule has 0 atom stereocenters. The molecule has 0 bridgehead atoms. The van der Waals surface area contributed by atoms with Gasteiger partial charge in [-0.1, -0.05) is 29.8 Å². The van der Waals surface area contributed by atoms with Crippen LogP contribution in [0.3, 0.4) is 0 Å². The highest BCUT2D eigenvalue weighted by Crippen LogP contribution is 2.23. The van der Waals surface area contributed by atoms with Gasteiger partial charge in [0.25, 0.3) is 0 Å². The lowest BCUT2D eigenvalue weighted by molar-refractivity contribution is -0.130. The fourth-order valence-corrected chi connectivity index (χ4v) is 3.66.